The van der Waals surface area contributed by atoms with Crippen molar-refractivity contribution < 1.29 is 9.72 Å². The van der Waals surface area contributed by atoms with E-state index in [1.54, 1.807) is 6.92 Å². The number of hydrogen-bond acceptors (Lipinski definition) is 5. The van der Waals surface area contributed by atoms with Gasteiger partial charge in [-0.3, -0.25) is 19.6 Å². The number of nitrogens with one attached hydrogen (secondary N) is 2. The highest BCUT2D eigenvalue weighted by Crippen LogP contribution is 2.13. The first-order valence-electron chi connectivity index (χ1n) is 7.44. The van der Waals surface area contributed by atoms with Gasteiger partial charge in [0, 0.05) is 13.0 Å². The standard InChI is InChI=1S/C15H16N6O3/c1-10(20-9-11(8-17-20)21(23)24)15(22)16-7-6-14-18-12-4-2-3-5-13(12)19-14/h2-5,8-10H,6-7H2,1H3,(H,16,22)(H,18,19)/t10-/m1/s1. The number of nitrogens with zero attached hydrogens (tertiary/aromatic N) is 4. The first-order valence-corrected chi connectivity index (χ1v) is 7.44. The van der Waals surface area contributed by atoms with Crippen molar-refractivity contribution in [2.75, 3.05) is 6.54 Å². The molecule has 9 nitrogen and oxygen atoms in total. The van der Waals surface area contributed by atoms with Crippen LogP contribution in [0.1, 0.15) is 18.8 Å². The van der Waals surface area contributed by atoms with Crippen LogP contribution in [0.5, 0.6) is 0 Å². The fraction of sp³-hybridized carbons (Fsp3) is 0.267. The molecule has 3 rings (SSSR count). The van der Waals surface area contributed by atoms with Gasteiger partial charge in [0.1, 0.15) is 24.3 Å². The number of hydrogen-bond donors (Lipinski definition) is 2. The number of fused-ring (bicyclic) bond motifs is 1. The second-order valence-corrected chi connectivity index (χ2v) is 5.35. The number of aromatic amines is 1. The van der Waals surface area contributed by atoms with Gasteiger partial charge in [0.05, 0.1) is 16.0 Å². The van der Waals surface area contributed by atoms with Gasteiger partial charge < -0.3 is 10.3 Å². The first-order chi connectivity index (χ1) is 11.5. The summed E-state index contributed by atoms with van der Waals surface area (Å²) >= 11 is 0. The summed E-state index contributed by atoms with van der Waals surface area (Å²) in [4.78, 5) is 29.8. The van der Waals surface area contributed by atoms with Crippen LogP contribution >= 0.6 is 0 Å². The molecule has 0 saturated carbocycles. The van der Waals surface area contributed by atoms with Crippen LogP contribution in [0.25, 0.3) is 11.0 Å². The second-order valence-electron chi connectivity index (χ2n) is 5.35. The third kappa shape index (κ3) is 3.24. The normalized spacial score (nSPS) is 12.2. The van der Waals surface area contributed by atoms with Crippen LogP contribution in [0.15, 0.2) is 36.7 Å². The van der Waals surface area contributed by atoms with Crippen LogP contribution in [0, 0.1) is 10.1 Å². The van der Waals surface area contributed by atoms with Crippen LogP contribution in [0.4, 0.5) is 5.69 Å². The molecule has 0 saturated heterocycles. The Hall–Kier alpha value is -3.23. The zero-order valence-corrected chi connectivity index (χ0v) is 13.0. The van der Waals surface area contributed by atoms with Gasteiger partial charge in [-0.2, -0.15) is 5.10 Å². The van der Waals surface area contributed by atoms with Crippen LogP contribution in [0.2, 0.25) is 0 Å². The van der Waals surface area contributed by atoms with E-state index in [0.717, 1.165) is 23.1 Å². The fourth-order valence-electron chi connectivity index (χ4n) is 2.33. The maximum atomic E-state index is 12.1. The van der Waals surface area contributed by atoms with Gasteiger partial charge in [-0.05, 0) is 19.1 Å². The molecule has 9 heteroatoms. The summed E-state index contributed by atoms with van der Waals surface area (Å²) in [6.45, 7) is 2.04. The average Bonchev–Trinajstić information content (AvgIpc) is 3.20. The van der Waals surface area contributed by atoms with Crippen molar-refractivity contribution in [3.05, 3.63) is 52.6 Å². The molecule has 0 fully saturated rings. The molecular formula is C15H16N6O3. The summed E-state index contributed by atoms with van der Waals surface area (Å²) in [6.07, 6.45) is 2.92. The lowest BCUT2D eigenvalue weighted by Gasteiger charge is -2.11. The number of carbonyl (C=O) groups excluding carboxylic acids is 1. The number of benzene rings is 1. The molecule has 3 aromatic rings. The van der Waals surface area contributed by atoms with Crippen molar-refractivity contribution in [1.29, 1.82) is 0 Å². The molecule has 1 atom stereocenters. The molecule has 0 aliphatic heterocycles. The number of H-pyrrole nitrogens is 1. The monoisotopic (exact) mass is 328 g/mol. The maximum absolute atomic E-state index is 12.1. The van der Waals surface area contributed by atoms with Crippen molar-refractivity contribution in [3.8, 4) is 0 Å². The molecule has 2 heterocycles. The first kappa shape index (κ1) is 15.7. The molecule has 0 aliphatic carbocycles. The largest absolute Gasteiger partial charge is 0.354 e. The molecule has 24 heavy (non-hydrogen) atoms. The van der Waals surface area contributed by atoms with Crippen molar-refractivity contribution in [1.82, 2.24) is 25.1 Å². The summed E-state index contributed by atoms with van der Waals surface area (Å²) in [6, 6.07) is 7.07. The summed E-state index contributed by atoms with van der Waals surface area (Å²) in [7, 11) is 0. The molecule has 0 radical (unpaired) electrons. The van der Waals surface area contributed by atoms with Gasteiger partial charge in [-0.25, -0.2) is 4.98 Å². The highest BCUT2D eigenvalue weighted by molar-refractivity contribution is 5.79. The Kier molecular flexibility index (Phi) is 4.23. The van der Waals surface area contributed by atoms with Gasteiger partial charge in [0.25, 0.3) is 0 Å². The topological polar surface area (TPSA) is 119 Å². The lowest BCUT2D eigenvalue weighted by atomic mass is 10.3. The van der Waals surface area contributed by atoms with Crippen LogP contribution in [0.3, 0.4) is 0 Å². The molecule has 0 unspecified atom stereocenters. The minimum absolute atomic E-state index is 0.142. The van der Waals surface area contributed by atoms with Crippen molar-refractivity contribution in [3.63, 3.8) is 0 Å². The van der Waals surface area contributed by atoms with Crippen LogP contribution in [-0.2, 0) is 11.2 Å². The lowest BCUT2D eigenvalue weighted by molar-refractivity contribution is -0.385. The number of aromatic nitrogens is 4. The van der Waals surface area contributed by atoms with E-state index < -0.39 is 11.0 Å². The van der Waals surface area contributed by atoms with E-state index in [9.17, 15) is 14.9 Å². The summed E-state index contributed by atoms with van der Waals surface area (Å²) < 4.78 is 1.27. The predicted octanol–water partition coefficient (Wildman–Crippen LogP) is 1.59. The summed E-state index contributed by atoms with van der Waals surface area (Å²) in [5, 5.41) is 17.3. The van der Waals surface area contributed by atoms with Crippen LogP contribution in [-0.4, -0.2) is 37.1 Å². The van der Waals surface area contributed by atoms with Gasteiger partial charge >= 0.3 is 5.69 Å². The van der Waals surface area contributed by atoms with E-state index >= 15 is 0 Å². The van der Waals surface area contributed by atoms with Crippen molar-refractivity contribution in [2.45, 2.75) is 19.4 Å². The van der Waals surface area contributed by atoms with Gasteiger partial charge in [0.2, 0.25) is 5.91 Å². The van der Waals surface area contributed by atoms with E-state index in [-0.39, 0.29) is 11.6 Å². The Labute approximate surface area is 136 Å². The van der Waals surface area contributed by atoms with Gasteiger partial charge in [-0.15, -0.1) is 0 Å². The smallest absolute Gasteiger partial charge is 0.307 e. The van der Waals surface area contributed by atoms with Crippen molar-refractivity contribution in [2.24, 2.45) is 0 Å². The Morgan fingerprint density at radius 3 is 2.96 bits per heavy atom. The van der Waals surface area contributed by atoms with Crippen molar-refractivity contribution >= 4 is 22.6 Å². The van der Waals surface area contributed by atoms with E-state index in [1.165, 1.54) is 10.9 Å². The molecule has 1 amide bonds. The molecule has 0 bridgehead atoms. The van der Waals surface area contributed by atoms with E-state index in [0.29, 0.717) is 13.0 Å². The second kappa shape index (κ2) is 6.49. The highest BCUT2D eigenvalue weighted by atomic mass is 16.6. The average molecular weight is 328 g/mol. The molecule has 124 valence electrons. The molecule has 2 N–H and O–H groups in total. The quantitative estimate of drug-likeness (QED) is 0.526. The Morgan fingerprint density at radius 1 is 1.46 bits per heavy atom. The van der Waals surface area contributed by atoms with Crippen LogP contribution < -0.4 is 5.32 Å². The minimum atomic E-state index is -0.630. The fourth-order valence-corrected chi connectivity index (χ4v) is 2.33. The van der Waals surface area contributed by atoms with Gasteiger partial charge in [0.15, 0.2) is 0 Å². The molecule has 1 aromatic carbocycles. The number of carbonyl (C=O) groups is 1. The Balaban J connectivity index is 1.55. The molecule has 2 aromatic heterocycles. The number of imidazole rings is 1. The summed E-state index contributed by atoms with van der Waals surface area (Å²) in [5.41, 5.74) is 1.70. The maximum Gasteiger partial charge on any atom is 0.307 e. The van der Waals surface area contributed by atoms with Gasteiger partial charge in [-0.1, -0.05) is 12.1 Å². The predicted molar refractivity (Wildman–Crippen MR) is 86.4 cm³/mol. The number of rotatable bonds is 6. The SMILES string of the molecule is C[C@H](C(=O)NCCc1nc2ccccc2[nH]1)n1cc([N+](=O)[O-])cn1. The molecule has 0 aliphatic rings. The van der Waals surface area contributed by atoms with E-state index in [2.05, 4.69) is 20.4 Å². The third-order valence-electron chi connectivity index (χ3n) is 3.67. The van der Waals surface area contributed by atoms with E-state index in [1.807, 2.05) is 24.3 Å². The minimum Gasteiger partial charge on any atom is -0.354 e. The zero-order valence-electron chi connectivity index (χ0n) is 13.0. The molecular weight excluding hydrogens is 312 g/mol. The van der Waals surface area contributed by atoms with E-state index in [4.69, 9.17) is 0 Å². The summed E-state index contributed by atoms with van der Waals surface area (Å²) in [5.74, 6) is 0.531. The number of amides is 1. The number of para-hydroxylation sites is 2. The Bertz CT molecular complexity index is 851. The Morgan fingerprint density at radius 2 is 2.25 bits per heavy atom. The lowest BCUT2D eigenvalue weighted by Crippen LogP contribution is -2.32. The highest BCUT2D eigenvalue weighted by Gasteiger charge is 2.18. The molecule has 0 spiro atoms. The zero-order chi connectivity index (χ0) is 17.1. The number of nitro groups is 1. The third-order valence-corrected chi connectivity index (χ3v) is 3.67.